The van der Waals surface area contributed by atoms with Crippen molar-refractivity contribution < 1.29 is 9.47 Å². The Balaban J connectivity index is 3.04. The van der Waals surface area contributed by atoms with E-state index in [-0.39, 0.29) is 6.29 Å². The third-order valence-electron chi connectivity index (χ3n) is 2.29. The first-order chi connectivity index (χ1) is 7.35. The van der Waals surface area contributed by atoms with Crippen molar-refractivity contribution in [3.8, 4) is 0 Å². The van der Waals surface area contributed by atoms with E-state index in [1.54, 1.807) is 14.2 Å². The summed E-state index contributed by atoms with van der Waals surface area (Å²) in [6.07, 6.45) is 7.31. The second-order valence-electron chi connectivity index (χ2n) is 3.51. The van der Waals surface area contributed by atoms with Crippen LogP contribution in [0.15, 0.2) is 0 Å². The van der Waals surface area contributed by atoms with E-state index in [0.717, 1.165) is 13.1 Å². The van der Waals surface area contributed by atoms with Crippen molar-refractivity contribution in [3.63, 3.8) is 0 Å². The minimum absolute atomic E-state index is 0.110. The Bertz CT molecular complexity index is 121. The molecule has 0 unspecified atom stereocenters. The van der Waals surface area contributed by atoms with Gasteiger partial charge in [0.1, 0.15) is 0 Å². The molecule has 3 nitrogen and oxygen atoms in total. The number of ether oxygens (including phenoxy) is 2. The maximum atomic E-state index is 5.07. The van der Waals surface area contributed by atoms with Crippen LogP contribution in [0.2, 0.25) is 0 Å². The van der Waals surface area contributed by atoms with E-state index < -0.39 is 0 Å². The van der Waals surface area contributed by atoms with Crippen LogP contribution in [0.1, 0.15) is 25.7 Å². The van der Waals surface area contributed by atoms with Crippen LogP contribution < -0.4 is 5.32 Å². The largest absolute Gasteiger partial charge is 0.355 e. The monoisotopic (exact) mass is 235 g/mol. The fourth-order valence-electron chi connectivity index (χ4n) is 1.33. The van der Waals surface area contributed by atoms with Crippen LogP contribution in [0.3, 0.4) is 0 Å². The molecule has 15 heavy (non-hydrogen) atoms. The lowest BCUT2D eigenvalue weighted by Crippen LogP contribution is -2.30. The van der Waals surface area contributed by atoms with Crippen LogP contribution >= 0.6 is 11.8 Å². The molecule has 0 aliphatic rings. The average molecular weight is 235 g/mol. The molecule has 0 aromatic rings. The van der Waals surface area contributed by atoms with Crippen molar-refractivity contribution in [1.29, 1.82) is 0 Å². The quantitative estimate of drug-likeness (QED) is 0.439. The van der Waals surface area contributed by atoms with Crippen molar-refractivity contribution in [1.82, 2.24) is 5.32 Å². The molecular weight excluding hydrogens is 210 g/mol. The second kappa shape index (κ2) is 12.3. The fourth-order valence-corrected chi connectivity index (χ4v) is 1.83. The van der Waals surface area contributed by atoms with E-state index in [0.29, 0.717) is 0 Å². The molecular formula is C11H25NO2S. The van der Waals surface area contributed by atoms with Gasteiger partial charge < -0.3 is 14.8 Å². The number of methoxy groups -OCH3 is 2. The van der Waals surface area contributed by atoms with Crippen LogP contribution in [0.5, 0.6) is 0 Å². The minimum Gasteiger partial charge on any atom is -0.355 e. The zero-order valence-corrected chi connectivity index (χ0v) is 11.1. The highest BCUT2D eigenvalue weighted by Crippen LogP contribution is 2.03. The van der Waals surface area contributed by atoms with Gasteiger partial charge >= 0.3 is 0 Å². The summed E-state index contributed by atoms with van der Waals surface area (Å²) in [5.41, 5.74) is 0. The summed E-state index contributed by atoms with van der Waals surface area (Å²) in [5, 5.41) is 3.32. The lowest BCUT2D eigenvalue weighted by Gasteiger charge is -2.13. The summed E-state index contributed by atoms with van der Waals surface area (Å²) < 4.78 is 10.1. The molecule has 1 N–H and O–H groups in total. The van der Waals surface area contributed by atoms with E-state index in [9.17, 15) is 0 Å². The Morgan fingerprint density at radius 1 is 1.07 bits per heavy atom. The molecule has 0 aliphatic carbocycles. The Hall–Kier alpha value is 0.230. The zero-order chi connectivity index (χ0) is 11.4. The van der Waals surface area contributed by atoms with Crippen molar-refractivity contribution in [2.24, 2.45) is 0 Å². The minimum atomic E-state index is -0.110. The van der Waals surface area contributed by atoms with Crippen LogP contribution in [-0.2, 0) is 9.47 Å². The Morgan fingerprint density at radius 3 is 2.33 bits per heavy atom. The number of unbranched alkanes of at least 4 members (excludes halogenated alkanes) is 3. The van der Waals surface area contributed by atoms with Crippen molar-refractivity contribution in [3.05, 3.63) is 0 Å². The predicted octanol–water partition coefficient (Wildman–Crippen LogP) is 2.12. The summed E-state index contributed by atoms with van der Waals surface area (Å²) in [6, 6.07) is 0. The average Bonchev–Trinajstić information content (AvgIpc) is 2.27. The maximum Gasteiger partial charge on any atom is 0.169 e. The third kappa shape index (κ3) is 10.5. The maximum absolute atomic E-state index is 5.07. The van der Waals surface area contributed by atoms with E-state index in [1.165, 1.54) is 31.4 Å². The standard InChI is InChI=1S/C11H25NO2S/c1-13-11(14-2)10-12-8-6-4-5-7-9-15-3/h11-12H,4-10H2,1-3H3. The summed E-state index contributed by atoms with van der Waals surface area (Å²) in [5.74, 6) is 1.29. The lowest BCUT2D eigenvalue weighted by atomic mass is 10.2. The first-order valence-electron chi connectivity index (χ1n) is 5.60. The smallest absolute Gasteiger partial charge is 0.169 e. The number of hydrogen-bond acceptors (Lipinski definition) is 4. The van der Waals surface area contributed by atoms with Gasteiger partial charge in [-0.05, 0) is 31.4 Å². The van der Waals surface area contributed by atoms with Gasteiger partial charge in [0.15, 0.2) is 6.29 Å². The SMILES string of the molecule is COC(CNCCCCCCSC)OC. The number of hydrogen-bond donors (Lipinski definition) is 1. The van der Waals surface area contributed by atoms with E-state index in [2.05, 4.69) is 11.6 Å². The molecule has 0 heterocycles. The second-order valence-corrected chi connectivity index (χ2v) is 4.50. The highest BCUT2D eigenvalue weighted by atomic mass is 32.2. The van der Waals surface area contributed by atoms with Crippen LogP contribution in [0, 0.1) is 0 Å². The van der Waals surface area contributed by atoms with Crippen molar-refractivity contribution in [2.45, 2.75) is 32.0 Å². The molecule has 0 atom stereocenters. The normalized spacial score (nSPS) is 11.2. The highest BCUT2D eigenvalue weighted by Gasteiger charge is 2.02. The molecule has 0 aliphatic heterocycles. The molecule has 0 aromatic heterocycles. The topological polar surface area (TPSA) is 30.5 Å². The summed E-state index contributed by atoms with van der Waals surface area (Å²) in [6.45, 7) is 1.83. The Morgan fingerprint density at radius 2 is 1.73 bits per heavy atom. The molecule has 0 bridgehead atoms. The first kappa shape index (κ1) is 15.2. The molecule has 0 amide bonds. The van der Waals surface area contributed by atoms with Gasteiger partial charge in [0.25, 0.3) is 0 Å². The molecule has 0 fully saturated rings. The van der Waals surface area contributed by atoms with Crippen LogP contribution in [-0.4, -0.2) is 45.6 Å². The van der Waals surface area contributed by atoms with Gasteiger partial charge in [-0.2, -0.15) is 11.8 Å². The third-order valence-corrected chi connectivity index (χ3v) is 2.99. The van der Waals surface area contributed by atoms with Crippen LogP contribution in [0.4, 0.5) is 0 Å². The van der Waals surface area contributed by atoms with Crippen LogP contribution in [0.25, 0.3) is 0 Å². The zero-order valence-electron chi connectivity index (χ0n) is 10.3. The molecule has 0 spiro atoms. The number of thioether (sulfide) groups is 1. The molecule has 0 radical (unpaired) electrons. The molecule has 92 valence electrons. The fraction of sp³-hybridized carbons (Fsp3) is 1.00. The Labute approximate surface area is 98.3 Å². The van der Waals surface area contributed by atoms with Gasteiger partial charge in [0.05, 0.1) is 0 Å². The van der Waals surface area contributed by atoms with E-state index >= 15 is 0 Å². The van der Waals surface area contributed by atoms with Gasteiger partial charge in [-0.1, -0.05) is 12.8 Å². The summed E-state index contributed by atoms with van der Waals surface area (Å²) >= 11 is 1.93. The highest BCUT2D eigenvalue weighted by molar-refractivity contribution is 7.98. The molecule has 4 heteroatoms. The Kier molecular flexibility index (Phi) is 12.5. The lowest BCUT2D eigenvalue weighted by molar-refractivity contribution is -0.0986. The van der Waals surface area contributed by atoms with Gasteiger partial charge in [-0.25, -0.2) is 0 Å². The van der Waals surface area contributed by atoms with E-state index in [4.69, 9.17) is 9.47 Å². The summed E-state index contributed by atoms with van der Waals surface area (Å²) in [4.78, 5) is 0. The number of nitrogens with one attached hydrogen (secondary N) is 1. The molecule has 0 saturated heterocycles. The van der Waals surface area contributed by atoms with Crippen molar-refractivity contribution in [2.75, 3.05) is 39.3 Å². The van der Waals surface area contributed by atoms with Gasteiger partial charge in [0, 0.05) is 20.8 Å². The van der Waals surface area contributed by atoms with Gasteiger partial charge in [-0.3, -0.25) is 0 Å². The first-order valence-corrected chi connectivity index (χ1v) is 6.99. The van der Waals surface area contributed by atoms with Gasteiger partial charge in [-0.15, -0.1) is 0 Å². The molecule has 0 rings (SSSR count). The predicted molar refractivity (Wildman–Crippen MR) is 67.5 cm³/mol. The van der Waals surface area contributed by atoms with E-state index in [1.807, 2.05) is 11.8 Å². The summed E-state index contributed by atoms with van der Waals surface area (Å²) in [7, 11) is 3.33. The number of rotatable bonds is 11. The molecule has 0 aromatic carbocycles. The van der Waals surface area contributed by atoms with Gasteiger partial charge in [0.2, 0.25) is 0 Å². The molecule has 0 saturated carbocycles. The van der Waals surface area contributed by atoms with Crippen molar-refractivity contribution >= 4 is 11.8 Å².